The zero-order chi connectivity index (χ0) is 33.5. The molecule has 2 N–H and O–H groups in total. The second-order valence-corrected chi connectivity index (χ2v) is 15.5. The van der Waals surface area contributed by atoms with E-state index in [2.05, 4.69) is 16.6 Å². The SMILES string of the molecule is C=C[C@@H]1C[C@]1(NC(=O)[C@@H]1C[C@@H](Oc2nc3ccccc3nc2-c2cccs2)CN1C(=O)CCc1ccccc1)C(=O)NS(=O)(=O)C1CC1. The molecule has 48 heavy (non-hydrogen) atoms. The van der Waals surface area contributed by atoms with E-state index in [1.54, 1.807) is 0 Å². The Bertz CT molecular complexity index is 1980. The molecular weight excluding hydrogens is 651 g/mol. The molecular formula is C35H35N5O6S2. The molecule has 0 radical (unpaired) electrons. The molecule has 4 aromatic rings. The molecule has 4 atom stereocenters. The Hall–Kier alpha value is -4.62. The topological polar surface area (TPSA) is 148 Å². The number of rotatable bonds is 12. The van der Waals surface area contributed by atoms with Gasteiger partial charge in [-0.05, 0) is 54.8 Å². The summed E-state index contributed by atoms with van der Waals surface area (Å²) >= 11 is 1.50. The Morgan fingerprint density at radius 3 is 2.42 bits per heavy atom. The summed E-state index contributed by atoms with van der Waals surface area (Å²) in [4.78, 5) is 53.1. The van der Waals surface area contributed by atoms with Crippen LogP contribution in [0.3, 0.4) is 0 Å². The zero-order valence-corrected chi connectivity index (χ0v) is 27.7. The van der Waals surface area contributed by atoms with Gasteiger partial charge in [-0.25, -0.2) is 18.4 Å². The van der Waals surface area contributed by atoms with E-state index >= 15 is 0 Å². The van der Waals surface area contributed by atoms with Crippen molar-refractivity contribution in [2.75, 3.05) is 6.54 Å². The maximum atomic E-state index is 14.0. The molecule has 7 rings (SSSR count). The number of likely N-dealkylation sites (tertiary alicyclic amines) is 1. The molecule has 2 saturated carbocycles. The van der Waals surface area contributed by atoms with Crippen molar-refractivity contribution in [1.29, 1.82) is 0 Å². The number of thiophene rings is 1. The lowest BCUT2D eigenvalue weighted by molar-refractivity contribution is -0.139. The highest BCUT2D eigenvalue weighted by molar-refractivity contribution is 7.91. The van der Waals surface area contributed by atoms with Crippen LogP contribution in [0.5, 0.6) is 5.88 Å². The molecule has 3 heterocycles. The highest BCUT2D eigenvalue weighted by atomic mass is 32.2. The molecule has 0 bridgehead atoms. The van der Waals surface area contributed by atoms with E-state index in [4.69, 9.17) is 14.7 Å². The second-order valence-electron chi connectivity index (χ2n) is 12.5. The van der Waals surface area contributed by atoms with Crippen molar-refractivity contribution in [1.82, 2.24) is 24.9 Å². The molecule has 2 aliphatic carbocycles. The molecule has 1 saturated heterocycles. The van der Waals surface area contributed by atoms with Crippen LogP contribution in [0.2, 0.25) is 0 Å². The van der Waals surface area contributed by atoms with E-state index in [0.29, 0.717) is 41.9 Å². The molecule has 248 valence electrons. The summed E-state index contributed by atoms with van der Waals surface area (Å²) in [5, 5.41) is 4.17. The standard InChI is InChI=1S/C35H35N5O6S2/c1-2-23-20-35(23,34(43)39-48(44,45)25-15-16-25)38-32(42)28-19-24(21-40(28)30(41)17-14-22-9-4-3-5-10-22)46-33-31(29-13-8-18-47-29)36-26-11-6-7-12-27(26)37-33/h2-13,18,23-25,28H,1,14-17,19-21H2,(H,38,42)(H,39,43)/t23-,24-,28+,35-/m1/s1. The van der Waals surface area contributed by atoms with Gasteiger partial charge in [-0.3, -0.25) is 19.1 Å². The molecule has 3 aliphatic rings. The zero-order valence-electron chi connectivity index (χ0n) is 26.1. The second kappa shape index (κ2) is 12.8. The smallest absolute Gasteiger partial charge is 0.259 e. The van der Waals surface area contributed by atoms with Gasteiger partial charge in [0.05, 0.1) is 27.7 Å². The van der Waals surface area contributed by atoms with Crippen LogP contribution < -0.4 is 14.8 Å². The number of para-hydroxylation sites is 2. The lowest BCUT2D eigenvalue weighted by Gasteiger charge is -2.26. The van der Waals surface area contributed by atoms with Crippen molar-refractivity contribution in [2.45, 2.75) is 61.5 Å². The van der Waals surface area contributed by atoms with Gasteiger partial charge in [0.2, 0.25) is 27.7 Å². The minimum atomic E-state index is -3.84. The third-order valence-electron chi connectivity index (χ3n) is 9.18. The first kappa shape index (κ1) is 32.0. The number of hydrogen-bond acceptors (Lipinski definition) is 9. The molecule has 2 aromatic heterocycles. The monoisotopic (exact) mass is 685 g/mol. The summed E-state index contributed by atoms with van der Waals surface area (Å²) in [7, 11) is -3.84. The summed E-state index contributed by atoms with van der Waals surface area (Å²) in [6, 6.07) is 20.0. The van der Waals surface area contributed by atoms with Gasteiger partial charge in [-0.1, -0.05) is 54.6 Å². The quantitative estimate of drug-likeness (QED) is 0.213. The average Bonchev–Trinajstić information content (AvgIpc) is 3.96. The Morgan fingerprint density at radius 2 is 1.75 bits per heavy atom. The minimum Gasteiger partial charge on any atom is -0.471 e. The van der Waals surface area contributed by atoms with Crippen molar-refractivity contribution in [3.63, 3.8) is 0 Å². The van der Waals surface area contributed by atoms with Gasteiger partial charge in [-0.15, -0.1) is 17.9 Å². The lowest BCUT2D eigenvalue weighted by Crippen LogP contribution is -2.56. The first-order valence-corrected chi connectivity index (χ1v) is 18.4. The fourth-order valence-electron chi connectivity index (χ4n) is 6.26. The van der Waals surface area contributed by atoms with E-state index in [-0.39, 0.29) is 31.7 Å². The molecule has 2 aromatic carbocycles. The summed E-state index contributed by atoms with van der Waals surface area (Å²) in [5.74, 6) is -1.73. The number of benzene rings is 2. The lowest BCUT2D eigenvalue weighted by atomic mass is 10.1. The summed E-state index contributed by atoms with van der Waals surface area (Å²) in [6.45, 7) is 3.89. The van der Waals surface area contributed by atoms with Gasteiger partial charge in [-0.2, -0.15) is 0 Å². The van der Waals surface area contributed by atoms with Crippen LogP contribution in [0.4, 0.5) is 0 Å². The van der Waals surface area contributed by atoms with E-state index in [1.165, 1.54) is 22.3 Å². The number of nitrogens with zero attached hydrogens (tertiary/aromatic N) is 3. The highest BCUT2D eigenvalue weighted by Crippen LogP contribution is 2.45. The van der Waals surface area contributed by atoms with Crippen LogP contribution in [-0.2, 0) is 30.8 Å². The average molecular weight is 686 g/mol. The number of ether oxygens (including phenoxy) is 1. The van der Waals surface area contributed by atoms with Crippen molar-refractivity contribution < 1.29 is 27.5 Å². The minimum absolute atomic E-state index is 0.115. The number of fused-ring (bicyclic) bond motifs is 1. The van der Waals surface area contributed by atoms with Crippen LogP contribution in [0, 0.1) is 5.92 Å². The molecule has 0 spiro atoms. The fourth-order valence-corrected chi connectivity index (χ4v) is 8.33. The van der Waals surface area contributed by atoms with E-state index in [9.17, 15) is 22.8 Å². The molecule has 13 heteroatoms. The highest BCUT2D eigenvalue weighted by Gasteiger charge is 2.62. The number of carbonyl (C=O) groups is 3. The van der Waals surface area contributed by atoms with Gasteiger partial charge in [0.25, 0.3) is 5.91 Å². The van der Waals surface area contributed by atoms with Crippen LogP contribution in [0.15, 0.2) is 84.8 Å². The van der Waals surface area contributed by atoms with Crippen LogP contribution in [0.1, 0.15) is 37.7 Å². The number of nitrogens with one attached hydrogen (secondary N) is 2. The third-order valence-corrected chi connectivity index (χ3v) is 11.9. The number of aryl methyl sites for hydroxylation is 1. The fraction of sp³-hybridized carbons (Fsp3) is 0.343. The molecule has 3 amide bonds. The maximum absolute atomic E-state index is 14.0. The van der Waals surface area contributed by atoms with Crippen LogP contribution >= 0.6 is 11.3 Å². The van der Waals surface area contributed by atoms with E-state index < -0.39 is 50.7 Å². The molecule has 1 aliphatic heterocycles. The van der Waals surface area contributed by atoms with Crippen molar-refractivity contribution in [3.8, 4) is 16.5 Å². The normalized spacial score (nSPS) is 23.4. The predicted molar refractivity (Wildman–Crippen MR) is 181 cm³/mol. The van der Waals surface area contributed by atoms with Gasteiger partial charge in [0.15, 0.2) is 0 Å². The largest absolute Gasteiger partial charge is 0.471 e. The Kier molecular flexibility index (Phi) is 8.50. The Labute approximate surface area is 282 Å². The molecule has 0 unspecified atom stereocenters. The first-order chi connectivity index (χ1) is 23.2. The van der Waals surface area contributed by atoms with Crippen LogP contribution in [0.25, 0.3) is 21.6 Å². The van der Waals surface area contributed by atoms with E-state index in [1.807, 2.05) is 72.1 Å². The van der Waals surface area contributed by atoms with Crippen molar-refractivity contribution in [2.24, 2.45) is 5.92 Å². The molecule has 11 nitrogen and oxygen atoms in total. The third kappa shape index (κ3) is 6.44. The van der Waals surface area contributed by atoms with Crippen LogP contribution in [-0.4, -0.2) is 70.5 Å². The maximum Gasteiger partial charge on any atom is 0.259 e. The van der Waals surface area contributed by atoms with Gasteiger partial charge >= 0.3 is 0 Å². The number of amides is 3. The Morgan fingerprint density at radius 1 is 1.02 bits per heavy atom. The summed E-state index contributed by atoms with van der Waals surface area (Å²) in [5.41, 5.74) is 1.45. The summed E-state index contributed by atoms with van der Waals surface area (Å²) in [6.07, 6.45) is 2.91. The van der Waals surface area contributed by atoms with E-state index in [0.717, 1.165) is 10.4 Å². The molecule has 3 fully saturated rings. The van der Waals surface area contributed by atoms with Gasteiger partial charge in [0.1, 0.15) is 23.4 Å². The number of aromatic nitrogens is 2. The van der Waals surface area contributed by atoms with Crippen molar-refractivity contribution in [3.05, 3.63) is 90.3 Å². The summed E-state index contributed by atoms with van der Waals surface area (Å²) < 4.78 is 33.9. The number of hydrogen-bond donors (Lipinski definition) is 2. The Balaban J connectivity index is 1.15. The number of carbonyl (C=O) groups excluding carboxylic acids is 3. The van der Waals surface area contributed by atoms with Crippen molar-refractivity contribution >= 4 is 50.1 Å². The van der Waals surface area contributed by atoms with Gasteiger partial charge in [0, 0.05) is 18.8 Å². The van der Waals surface area contributed by atoms with Gasteiger partial charge < -0.3 is 15.0 Å². The predicted octanol–water partition coefficient (Wildman–Crippen LogP) is 4.01. The number of sulfonamides is 1. The first-order valence-electron chi connectivity index (χ1n) is 16.0.